The zero-order valence-electron chi connectivity index (χ0n) is 11.2. The molecule has 0 aromatic heterocycles. The third-order valence-electron chi connectivity index (χ3n) is 2.76. The van der Waals surface area contributed by atoms with E-state index < -0.39 is 6.09 Å². The molecule has 0 saturated carbocycles. The minimum atomic E-state index is -0.549. The highest BCUT2D eigenvalue weighted by Crippen LogP contribution is 2.08. The topological polar surface area (TPSA) is 42.8 Å². The number of halogens is 2. The van der Waals surface area contributed by atoms with Crippen molar-refractivity contribution in [3.8, 4) is 0 Å². The van der Waals surface area contributed by atoms with Crippen LogP contribution < -0.4 is 22.6 Å². The van der Waals surface area contributed by atoms with E-state index in [1.807, 2.05) is 0 Å². The number of anilines is 1. The molecule has 0 radical (unpaired) electrons. The summed E-state index contributed by atoms with van der Waals surface area (Å²) in [5, 5.41) is 2.48. The van der Waals surface area contributed by atoms with Crippen molar-refractivity contribution in [3.63, 3.8) is 0 Å². The highest BCUT2D eigenvalue weighted by Gasteiger charge is 2.06. The largest absolute Gasteiger partial charge is 1.00 e. The smallest absolute Gasteiger partial charge is 0.411 e. The van der Waals surface area contributed by atoms with Crippen molar-refractivity contribution < 1.29 is 31.2 Å². The molecule has 19 heavy (non-hydrogen) atoms. The Bertz CT molecular complexity index is 387. The van der Waals surface area contributed by atoms with E-state index >= 15 is 0 Å². The van der Waals surface area contributed by atoms with Gasteiger partial charge in [0.05, 0.1) is 13.1 Å². The highest BCUT2D eigenvalue weighted by atomic mass is 35.5. The van der Waals surface area contributed by atoms with Crippen LogP contribution >= 0.6 is 0 Å². The molecule has 0 aliphatic rings. The van der Waals surface area contributed by atoms with Gasteiger partial charge in [-0.05, 0) is 32.0 Å². The van der Waals surface area contributed by atoms with Crippen molar-refractivity contribution in [1.82, 2.24) is 0 Å². The molecule has 108 valence electrons. The van der Waals surface area contributed by atoms with Gasteiger partial charge in [-0.15, -0.1) is 0 Å². The SMILES string of the molecule is CC[NH+](CC)CCOC(=O)Nc1cccc(F)c1.[Cl-]. The average Bonchev–Trinajstić information content (AvgIpc) is 2.34. The van der Waals surface area contributed by atoms with Crippen molar-refractivity contribution in [3.05, 3.63) is 30.1 Å². The van der Waals surface area contributed by atoms with E-state index in [9.17, 15) is 9.18 Å². The number of carbonyl (C=O) groups excluding carboxylic acids is 1. The Kier molecular flexibility index (Phi) is 8.91. The van der Waals surface area contributed by atoms with E-state index in [1.165, 1.54) is 23.1 Å². The number of nitrogens with one attached hydrogen (secondary N) is 2. The molecule has 0 aliphatic carbocycles. The van der Waals surface area contributed by atoms with Crippen LogP contribution in [0.1, 0.15) is 13.8 Å². The maximum Gasteiger partial charge on any atom is 0.411 e. The number of carbonyl (C=O) groups is 1. The maximum atomic E-state index is 12.9. The molecule has 0 bridgehead atoms. The third-order valence-corrected chi connectivity index (χ3v) is 2.76. The highest BCUT2D eigenvalue weighted by molar-refractivity contribution is 5.84. The molecular weight excluding hydrogens is 271 g/mol. The predicted octanol–water partition coefficient (Wildman–Crippen LogP) is -1.70. The van der Waals surface area contributed by atoms with Crippen LogP contribution in [0.2, 0.25) is 0 Å². The number of benzene rings is 1. The summed E-state index contributed by atoms with van der Waals surface area (Å²) in [6, 6.07) is 5.71. The lowest BCUT2D eigenvalue weighted by Gasteiger charge is -2.15. The Hall–Kier alpha value is -1.33. The Morgan fingerprint density at radius 1 is 1.37 bits per heavy atom. The predicted molar refractivity (Wildman–Crippen MR) is 68.3 cm³/mol. The standard InChI is InChI=1S/C13H19FN2O2.ClH/c1-3-16(4-2)8-9-18-13(17)15-12-7-5-6-11(14)10-12;/h5-7,10H,3-4,8-9H2,1-2H3,(H,15,17);1H. The number of quaternary nitrogens is 1. The molecule has 0 atom stereocenters. The number of likely N-dealkylation sites (N-methyl/N-ethyl adjacent to an activating group) is 1. The van der Waals surface area contributed by atoms with Crippen molar-refractivity contribution >= 4 is 11.8 Å². The number of rotatable bonds is 6. The van der Waals surface area contributed by atoms with Gasteiger partial charge < -0.3 is 22.0 Å². The van der Waals surface area contributed by atoms with E-state index in [4.69, 9.17) is 4.74 Å². The molecule has 0 heterocycles. The second-order valence-electron chi connectivity index (χ2n) is 3.98. The van der Waals surface area contributed by atoms with Crippen molar-refractivity contribution in [2.75, 3.05) is 31.6 Å². The van der Waals surface area contributed by atoms with E-state index in [-0.39, 0.29) is 18.2 Å². The van der Waals surface area contributed by atoms with Gasteiger partial charge in [0, 0.05) is 5.69 Å². The fraction of sp³-hybridized carbons (Fsp3) is 0.462. The van der Waals surface area contributed by atoms with Crippen LogP contribution in [0.5, 0.6) is 0 Å². The van der Waals surface area contributed by atoms with Gasteiger partial charge in [-0.25, -0.2) is 9.18 Å². The molecule has 2 N–H and O–H groups in total. The Labute approximate surface area is 119 Å². The number of amides is 1. The van der Waals surface area contributed by atoms with Crippen LogP contribution in [0.15, 0.2) is 24.3 Å². The minimum Gasteiger partial charge on any atom is -1.00 e. The first-order chi connectivity index (χ1) is 8.65. The fourth-order valence-corrected chi connectivity index (χ4v) is 1.61. The lowest BCUT2D eigenvalue weighted by molar-refractivity contribution is -0.896. The van der Waals surface area contributed by atoms with Gasteiger partial charge in [0.25, 0.3) is 0 Å². The second-order valence-corrected chi connectivity index (χ2v) is 3.98. The summed E-state index contributed by atoms with van der Waals surface area (Å²) < 4.78 is 17.9. The molecule has 0 aliphatic heterocycles. The summed E-state index contributed by atoms with van der Waals surface area (Å²) in [5.74, 6) is -0.389. The lowest BCUT2D eigenvalue weighted by atomic mass is 10.3. The molecule has 0 saturated heterocycles. The van der Waals surface area contributed by atoms with Crippen molar-refractivity contribution in [2.45, 2.75) is 13.8 Å². The molecule has 0 unspecified atom stereocenters. The third kappa shape index (κ3) is 6.98. The number of ether oxygens (including phenoxy) is 1. The Morgan fingerprint density at radius 3 is 2.63 bits per heavy atom. The van der Waals surface area contributed by atoms with Crippen molar-refractivity contribution in [1.29, 1.82) is 0 Å². The molecule has 1 aromatic rings. The Morgan fingerprint density at radius 2 is 2.05 bits per heavy atom. The van der Waals surface area contributed by atoms with E-state index in [2.05, 4.69) is 19.2 Å². The van der Waals surface area contributed by atoms with Crippen LogP contribution in [0.4, 0.5) is 14.9 Å². The van der Waals surface area contributed by atoms with Gasteiger partial charge in [-0.3, -0.25) is 5.32 Å². The van der Waals surface area contributed by atoms with Gasteiger partial charge in [-0.1, -0.05) is 6.07 Å². The van der Waals surface area contributed by atoms with Gasteiger partial charge in [-0.2, -0.15) is 0 Å². The number of hydrogen-bond acceptors (Lipinski definition) is 2. The van der Waals surface area contributed by atoms with E-state index in [1.54, 1.807) is 6.07 Å². The summed E-state index contributed by atoms with van der Waals surface area (Å²) >= 11 is 0. The molecule has 6 heteroatoms. The summed E-state index contributed by atoms with van der Waals surface area (Å²) in [7, 11) is 0. The van der Waals surface area contributed by atoms with Crippen LogP contribution in [0.3, 0.4) is 0 Å². The monoisotopic (exact) mass is 290 g/mol. The molecular formula is C13H20ClFN2O2. The molecule has 1 rings (SSSR count). The van der Waals surface area contributed by atoms with Crippen molar-refractivity contribution in [2.24, 2.45) is 0 Å². The van der Waals surface area contributed by atoms with Gasteiger partial charge in [0.1, 0.15) is 19.0 Å². The van der Waals surface area contributed by atoms with Crippen LogP contribution in [0, 0.1) is 5.82 Å². The molecule has 0 spiro atoms. The zero-order chi connectivity index (χ0) is 13.4. The normalized spacial score (nSPS) is 9.89. The van der Waals surface area contributed by atoms with E-state index in [0.717, 1.165) is 19.6 Å². The molecule has 0 fully saturated rings. The minimum absolute atomic E-state index is 0. The van der Waals surface area contributed by atoms with Crippen LogP contribution in [-0.4, -0.2) is 32.3 Å². The average molecular weight is 291 g/mol. The van der Waals surface area contributed by atoms with Crippen LogP contribution in [0.25, 0.3) is 0 Å². The number of hydrogen-bond donors (Lipinski definition) is 2. The zero-order valence-corrected chi connectivity index (χ0v) is 12.0. The first kappa shape index (κ1) is 17.7. The first-order valence-electron chi connectivity index (χ1n) is 6.18. The Balaban J connectivity index is 0.00000324. The van der Waals surface area contributed by atoms with Gasteiger partial charge in [0.15, 0.2) is 0 Å². The molecule has 1 aromatic carbocycles. The second kappa shape index (κ2) is 9.58. The first-order valence-corrected chi connectivity index (χ1v) is 6.18. The fourth-order valence-electron chi connectivity index (χ4n) is 1.61. The van der Waals surface area contributed by atoms with E-state index in [0.29, 0.717) is 12.3 Å². The summed E-state index contributed by atoms with van der Waals surface area (Å²) in [6.45, 7) is 7.33. The summed E-state index contributed by atoms with van der Waals surface area (Å²) in [6.07, 6.45) is -0.549. The summed E-state index contributed by atoms with van der Waals surface area (Å²) in [4.78, 5) is 12.8. The van der Waals surface area contributed by atoms with Crippen LogP contribution in [-0.2, 0) is 4.74 Å². The molecule has 1 amide bonds. The van der Waals surface area contributed by atoms with Gasteiger partial charge >= 0.3 is 6.09 Å². The lowest BCUT2D eigenvalue weighted by Crippen LogP contribution is -3.11. The summed E-state index contributed by atoms with van der Waals surface area (Å²) in [5.41, 5.74) is 0.398. The molecule has 4 nitrogen and oxygen atoms in total. The van der Waals surface area contributed by atoms with Gasteiger partial charge in [0.2, 0.25) is 0 Å². The quantitative estimate of drug-likeness (QED) is 0.656. The maximum absolute atomic E-state index is 12.9.